The molecule has 1 atom stereocenters. The van der Waals surface area contributed by atoms with Crippen molar-refractivity contribution in [1.82, 2.24) is 10.3 Å². The SMILES string of the molecule is CC(NCCOCC(F)(F)F)c1cscn1. The molecule has 0 amide bonds. The molecule has 1 rings (SSSR count). The minimum absolute atomic E-state index is 0.0285. The van der Waals surface area contributed by atoms with E-state index in [0.29, 0.717) is 6.54 Å². The average molecular weight is 254 g/mol. The van der Waals surface area contributed by atoms with Crippen molar-refractivity contribution in [3.8, 4) is 0 Å². The maximum absolute atomic E-state index is 11.7. The first kappa shape index (κ1) is 13.4. The molecule has 7 heteroatoms. The van der Waals surface area contributed by atoms with E-state index < -0.39 is 12.8 Å². The van der Waals surface area contributed by atoms with E-state index in [9.17, 15) is 13.2 Å². The van der Waals surface area contributed by atoms with Crippen molar-refractivity contribution in [1.29, 1.82) is 0 Å². The fraction of sp³-hybridized carbons (Fsp3) is 0.667. The van der Waals surface area contributed by atoms with Crippen molar-refractivity contribution in [3.63, 3.8) is 0 Å². The normalized spacial score (nSPS) is 14.0. The van der Waals surface area contributed by atoms with Crippen LogP contribution in [0, 0.1) is 0 Å². The second kappa shape index (κ2) is 6.17. The molecule has 0 saturated heterocycles. The summed E-state index contributed by atoms with van der Waals surface area (Å²) < 4.78 is 39.6. The van der Waals surface area contributed by atoms with Crippen molar-refractivity contribution in [2.75, 3.05) is 19.8 Å². The Bertz CT molecular complexity index is 289. The van der Waals surface area contributed by atoms with Crippen LogP contribution in [0.1, 0.15) is 18.7 Å². The summed E-state index contributed by atoms with van der Waals surface area (Å²) >= 11 is 1.48. The Morgan fingerprint density at radius 3 is 2.88 bits per heavy atom. The monoisotopic (exact) mass is 254 g/mol. The molecule has 0 aromatic carbocycles. The first-order valence-electron chi connectivity index (χ1n) is 4.75. The van der Waals surface area contributed by atoms with E-state index in [-0.39, 0.29) is 12.6 Å². The average Bonchev–Trinajstić information content (AvgIpc) is 2.67. The zero-order chi connectivity index (χ0) is 12.0. The predicted molar refractivity (Wildman–Crippen MR) is 55.4 cm³/mol. The van der Waals surface area contributed by atoms with Gasteiger partial charge in [0.2, 0.25) is 0 Å². The van der Waals surface area contributed by atoms with Gasteiger partial charge in [0.1, 0.15) is 6.61 Å². The highest BCUT2D eigenvalue weighted by atomic mass is 32.1. The summed E-state index contributed by atoms with van der Waals surface area (Å²) in [5, 5.41) is 4.92. The highest BCUT2D eigenvalue weighted by Gasteiger charge is 2.27. The Morgan fingerprint density at radius 1 is 1.56 bits per heavy atom. The third-order valence-electron chi connectivity index (χ3n) is 1.86. The summed E-state index contributed by atoms with van der Waals surface area (Å²) in [6.07, 6.45) is -4.25. The zero-order valence-corrected chi connectivity index (χ0v) is 9.57. The maximum atomic E-state index is 11.7. The smallest absolute Gasteiger partial charge is 0.371 e. The lowest BCUT2D eigenvalue weighted by Crippen LogP contribution is -2.26. The number of nitrogens with zero attached hydrogens (tertiary/aromatic N) is 1. The van der Waals surface area contributed by atoms with Gasteiger partial charge in [0.25, 0.3) is 0 Å². The lowest BCUT2D eigenvalue weighted by molar-refractivity contribution is -0.173. The molecule has 0 spiro atoms. The van der Waals surface area contributed by atoms with E-state index in [2.05, 4.69) is 15.0 Å². The number of hydrogen-bond donors (Lipinski definition) is 1. The second-order valence-electron chi connectivity index (χ2n) is 3.26. The highest BCUT2D eigenvalue weighted by Crippen LogP contribution is 2.14. The molecule has 92 valence electrons. The van der Waals surface area contributed by atoms with E-state index in [1.807, 2.05) is 12.3 Å². The van der Waals surface area contributed by atoms with Crippen molar-refractivity contribution in [3.05, 3.63) is 16.6 Å². The van der Waals surface area contributed by atoms with Crippen molar-refractivity contribution >= 4 is 11.3 Å². The summed E-state index contributed by atoms with van der Waals surface area (Å²) in [5.41, 5.74) is 2.61. The highest BCUT2D eigenvalue weighted by molar-refractivity contribution is 7.07. The Kier molecular flexibility index (Phi) is 5.17. The van der Waals surface area contributed by atoms with Gasteiger partial charge in [0.05, 0.1) is 17.8 Å². The summed E-state index contributed by atoms with van der Waals surface area (Å²) in [6, 6.07) is 0.0285. The predicted octanol–water partition coefficient (Wildman–Crippen LogP) is 2.37. The van der Waals surface area contributed by atoms with E-state index in [1.54, 1.807) is 5.51 Å². The van der Waals surface area contributed by atoms with Gasteiger partial charge in [-0.15, -0.1) is 11.3 Å². The number of halogens is 3. The third-order valence-corrected chi connectivity index (χ3v) is 2.46. The molecule has 0 fully saturated rings. The molecule has 0 radical (unpaired) electrons. The molecule has 1 N–H and O–H groups in total. The van der Waals surface area contributed by atoms with Crippen LogP contribution in [-0.4, -0.2) is 30.9 Å². The number of thiazole rings is 1. The van der Waals surface area contributed by atoms with Crippen LogP contribution < -0.4 is 5.32 Å². The number of nitrogens with one attached hydrogen (secondary N) is 1. The molecule has 16 heavy (non-hydrogen) atoms. The van der Waals surface area contributed by atoms with E-state index >= 15 is 0 Å². The van der Waals surface area contributed by atoms with E-state index in [0.717, 1.165) is 5.69 Å². The van der Waals surface area contributed by atoms with Gasteiger partial charge in [-0.2, -0.15) is 13.2 Å². The number of ether oxygens (including phenoxy) is 1. The van der Waals surface area contributed by atoms with Gasteiger partial charge >= 0.3 is 6.18 Å². The van der Waals surface area contributed by atoms with Crippen molar-refractivity contribution < 1.29 is 17.9 Å². The van der Waals surface area contributed by atoms with Gasteiger partial charge in [-0.3, -0.25) is 0 Å². The van der Waals surface area contributed by atoms with Crippen LogP contribution in [0.4, 0.5) is 13.2 Å². The molecule has 1 aromatic rings. The van der Waals surface area contributed by atoms with Gasteiger partial charge in [0, 0.05) is 18.0 Å². The Labute approximate surface area is 95.6 Å². The number of alkyl halides is 3. The van der Waals surface area contributed by atoms with E-state index in [1.165, 1.54) is 11.3 Å². The lowest BCUT2D eigenvalue weighted by Gasteiger charge is -2.12. The number of hydrogen-bond acceptors (Lipinski definition) is 4. The number of aromatic nitrogens is 1. The third kappa shape index (κ3) is 5.43. The molecule has 0 aliphatic heterocycles. The molecule has 1 unspecified atom stereocenters. The zero-order valence-electron chi connectivity index (χ0n) is 8.75. The first-order chi connectivity index (χ1) is 7.49. The fourth-order valence-electron chi connectivity index (χ4n) is 1.08. The van der Waals surface area contributed by atoms with Crippen LogP contribution in [0.2, 0.25) is 0 Å². The van der Waals surface area contributed by atoms with Crippen LogP contribution in [0.5, 0.6) is 0 Å². The summed E-state index contributed by atoms with van der Waals surface area (Å²) in [4.78, 5) is 4.09. The lowest BCUT2D eigenvalue weighted by atomic mass is 10.2. The standard InChI is InChI=1S/C9H13F3N2OS/c1-7(8-4-16-6-14-8)13-2-3-15-5-9(10,11)12/h4,6-7,13H,2-3,5H2,1H3. The van der Waals surface area contributed by atoms with Gasteiger partial charge in [-0.25, -0.2) is 4.98 Å². The summed E-state index contributed by atoms with van der Waals surface area (Å²) in [5.74, 6) is 0. The summed E-state index contributed by atoms with van der Waals surface area (Å²) in [6.45, 7) is 1.11. The van der Waals surface area contributed by atoms with Crippen LogP contribution in [0.25, 0.3) is 0 Å². The first-order valence-corrected chi connectivity index (χ1v) is 5.69. The van der Waals surface area contributed by atoms with Gasteiger partial charge in [-0.1, -0.05) is 0 Å². The van der Waals surface area contributed by atoms with Gasteiger partial charge in [-0.05, 0) is 6.92 Å². The van der Waals surface area contributed by atoms with Gasteiger partial charge in [0.15, 0.2) is 0 Å². The second-order valence-corrected chi connectivity index (χ2v) is 3.98. The van der Waals surface area contributed by atoms with Crippen LogP contribution in [-0.2, 0) is 4.74 Å². The molecule has 3 nitrogen and oxygen atoms in total. The van der Waals surface area contributed by atoms with Crippen LogP contribution in [0.15, 0.2) is 10.9 Å². The minimum atomic E-state index is -4.25. The molecule has 0 aliphatic carbocycles. The Morgan fingerprint density at radius 2 is 2.31 bits per heavy atom. The Balaban J connectivity index is 2.08. The van der Waals surface area contributed by atoms with Crippen molar-refractivity contribution in [2.24, 2.45) is 0 Å². The fourth-order valence-corrected chi connectivity index (χ4v) is 1.72. The molecule has 1 heterocycles. The number of rotatable bonds is 6. The Hall–Kier alpha value is -0.660. The molecule has 0 saturated carbocycles. The van der Waals surface area contributed by atoms with Crippen LogP contribution >= 0.6 is 11.3 Å². The molecule has 0 bridgehead atoms. The van der Waals surface area contributed by atoms with Crippen molar-refractivity contribution in [2.45, 2.75) is 19.1 Å². The quantitative estimate of drug-likeness (QED) is 0.791. The molecule has 0 aliphatic rings. The molecule has 1 aromatic heterocycles. The van der Waals surface area contributed by atoms with Gasteiger partial charge < -0.3 is 10.1 Å². The molecular weight excluding hydrogens is 241 g/mol. The molecular formula is C9H13F3N2OS. The van der Waals surface area contributed by atoms with Crippen LogP contribution in [0.3, 0.4) is 0 Å². The van der Waals surface area contributed by atoms with E-state index in [4.69, 9.17) is 0 Å². The summed E-state index contributed by atoms with van der Waals surface area (Å²) in [7, 11) is 0. The maximum Gasteiger partial charge on any atom is 0.411 e. The largest absolute Gasteiger partial charge is 0.411 e. The topological polar surface area (TPSA) is 34.1 Å². The minimum Gasteiger partial charge on any atom is -0.371 e.